The Morgan fingerprint density at radius 2 is 1.81 bits per heavy atom. The third-order valence-corrected chi connectivity index (χ3v) is 6.03. The number of methoxy groups -OCH3 is 1. The molecule has 1 aromatic heterocycles. The van der Waals surface area contributed by atoms with Crippen molar-refractivity contribution in [2.24, 2.45) is 0 Å². The number of carbonyl (C=O) groups is 1. The highest BCUT2D eigenvalue weighted by Crippen LogP contribution is 2.40. The Morgan fingerprint density at radius 1 is 1.00 bits per heavy atom. The first-order chi connectivity index (χ1) is 15.1. The summed E-state index contributed by atoms with van der Waals surface area (Å²) in [7, 11) is 1.59. The van der Waals surface area contributed by atoms with E-state index < -0.39 is 6.04 Å². The Balaban J connectivity index is 1.75. The van der Waals surface area contributed by atoms with E-state index in [1.807, 2.05) is 54.6 Å². The smallest absolute Gasteiger partial charge is 0.291 e. The molecule has 154 valence electrons. The summed E-state index contributed by atoms with van der Waals surface area (Å²) in [6, 6.07) is 21.8. The van der Waals surface area contributed by atoms with Crippen LogP contribution in [-0.4, -0.2) is 17.9 Å². The highest BCUT2D eigenvalue weighted by atomic mass is 79.9. The van der Waals surface area contributed by atoms with Crippen molar-refractivity contribution in [2.45, 2.75) is 12.6 Å². The Bertz CT molecular complexity index is 1360. The number of hydrogen-bond donors (Lipinski definition) is 0. The highest BCUT2D eigenvalue weighted by Gasteiger charge is 2.42. The molecule has 1 aliphatic heterocycles. The fraction of sp³-hybridized carbons (Fsp3) is 0.120. The minimum Gasteiger partial charge on any atom is -0.497 e. The van der Waals surface area contributed by atoms with Gasteiger partial charge >= 0.3 is 0 Å². The summed E-state index contributed by atoms with van der Waals surface area (Å²) in [6.07, 6.45) is 0. The molecule has 3 aromatic carbocycles. The second-order valence-electron chi connectivity index (χ2n) is 7.41. The molecule has 0 unspecified atom stereocenters. The molecule has 0 radical (unpaired) electrons. The number of nitrogens with zero attached hydrogens (tertiary/aromatic N) is 1. The molecule has 0 spiro atoms. The second kappa shape index (κ2) is 7.71. The second-order valence-corrected chi connectivity index (χ2v) is 8.33. The molecule has 6 heteroatoms. The molecule has 5 rings (SSSR count). The van der Waals surface area contributed by atoms with Gasteiger partial charge in [0.2, 0.25) is 5.76 Å². The molecular formula is C25H18BrNO4. The van der Waals surface area contributed by atoms with Crippen molar-refractivity contribution in [3.05, 3.63) is 110 Å². The van der Waals surface area contributed by atoms with Gasteiger partial charge in [0.05, 0.1) is 24.1 Å². The van der Waals surface area contributed by atoms with E-state index in [-0.39, 0.29) is 17.1 Å². The Morgan fingerprint density at radius 3 is 2.58 bits per heavy atom. The van der Waals surface area contributed by atoms with Crippen molar-refractivity contribution in [3.63, 3.8) is 0 Å². The number of amides is 1. The lowest BCUT2D eigenvalue weighted by Gasteiger charge is -2.25. The summed E-state index contributed by atoms with van der Waals surface area (Å²) in [5.41, 5.74) is 2.32. The van der Waals surface area contributed by atoms with Gasteiger partial charge in [-0.3, -0.25) is 9.59 Å². The van der Waals surface area contributed by atoms with Crippen LogP contribution in [0.1, 0.15) is 33.3 Å². The van der Waals surface area contributed by atoms with Crippen molar-refractivity contribution in [3.8, 4) is 5.75 Å². The maximum Gasteiger partial charge on any atom is 0.291 e. The lowest BCUT2D eigenvalue weighted by Crippen LogP contribution is -2.29. The average Bonchev–Trinajstić information content (AvgIpc) is 3.07. The molecule has 5 nitrogen and oxygen atoms in total. The summed E-state index contributed by atoms with van der Waals surface area (Å²) >= 11 is 3.42. The van der Waals surface area contributed by atoms with Crippen molar-refractivity contribution in [1.82, 2.24) is 4.90 Å². The van der Waals surface area contributed by atoms with Crippen molar-refractivity contribution in [1.29, 1.82) is 0 Å². The van der Waals surface area contributed by atoms with Crippen molar-refractivity contribution in [2.75, 3.05) is 7.11 Å². The molecule has 0 saturated carbocycles. The number of fused-ring (bicyclic) bond motifs is 2. The molecule has 2 heterocycles. The van der Waals surface area contributed by atoms with Crippen LogP contribution in [0.2, 0.25) is 0 Å². The van der Waals surface area contributed by atoms with E-state index in [4.69, 9.17) is 9.15 Å². The summed E-state index contributed by atoms with van der Waals surface area (Å²) in [5, 5.41) is 0.440. The van der Waals surface area contributed by atoms with E-state index >= 15 is 0 Å². The van der Waals surface area contributed by atoms with Gasteiger partial charge in [0.15, 0.2) is 5.43 Å². The number of rotatable bonds is 4. The molecular weight excluding hydrogens is 458 g/mol. The molecule has 0 fully saturated rings. The zero-order valence-electron chi connectivity index (χ0n) is 16.7. The molecule has 0 bridgehead atoms. The van der Waals surface area contributed by atoms with Crippen LogP contribution < -0.4 is 10.2 Å². The van der Waals surface area contributed by atoms with Gasteiger partial charge < -0.3 is 14.1 Å². The molecule has 1 atom stereocenters. The minimum absolute atomic E-state index is 0.101. The van der Waals surface area contributed by atoms with Gasteiger partial charge in [0, 0.05) is 11.0 Å². The lowest BCUT2D eigenvalue weighted by molar-refractivity contribution is 0.0714. The topological polar surface area (TPSA) is 59.8 Å². The first kappa shape index (κ1) is 19.6. The first-order valence-electron chi connectivity index (χ1n) is 9.82. The normalized spacial score (nSPS) is 15.4. The van der Waals surface area contributed by atoms with Gasteiger partial charge in [0.1, 0.15) is 11.3 Å². The van der Waals surface area contributed by atoms with E-state index in [2.05, 4.69) is 15.9 Å². The predicted molar refractivity (Wildman–Crippen MR) is 121 cm³/mol. The predicted octanol–water partition coefficient (Wildman–Crippen LogP) is 5.31. The maximum absolute atomic E-state index is 13.6. The molecule has 0 saturated heterocycles. The fourth-order valence-corrected chi connectivity index (χ4v) is 4.46. The van der Waals surface area contributed by atoms with Crippen LogP contribution in [0, 0.1) is 0 Å². The van der Waals surface area contributed by atoms with E-state index in [1.54, 1.807) is 30.2 Å². The average molecular weight is 476 g/mol. The Kier molecular flexibility index (Phi) is 4.87. The largest absolute Gasteiger partial charge is 0.497 e. The Labute approximate surface area is 187 Å². The minimum atomic E-state index is -0.572. The zero-order valence-corrected chi connectivity index (χ0v) is 18.3. The van der Waals surface area contributed by atoms with Gasteiger partial charge in [-0.25, -0.2) is 0 Å². The van der Waals surface area contributed by atoms with Crippen LogP contribution in [0.5, 0.6) is 5.75 Å². The Hall–Kier alpha value is -3.38. The number of halogens is 1. The van der Waals surface area contributed by atoms with E-state index in [9.17, 15) is 9.59 Å². The zero-order chi connectivity index (χ0) is 21.5. The van der Waals surface area contributed by atoms with Crippen LogP contribution in [0.4, 0.5) is 0 Å². The van der Waals surface area contributed by atoms with Crippen LogP contribution in [0.15, 0.2) is 86.5 Å². The third-order valence-electron chi connectivity index (χ3n) is 5.53. The van der Waals surface area contributed by atoms with Gasteiger partial charge in [0.25, 0.3) is 5.91 Å². The maximum atomic E-state index is 13.6. The van der Waals surface area contributed by atoms with Crippen LogP contribution in [-0.2, 0) is 6.54 Å². The van der Waals surface area contributed by atoms with Crippen LogP contribution >= 0.6 is 15.9 Å². The van der Waals surface area contributed by atoms with E-state index in [1.165, 1.54) is 0 Å². The van der Waals surface area contributed by atoms with Crippen molar-refractivity contribution >= 4 is 32.8 Å². The quantitative estimate of drug-likeness (QED) is 0.401. The fourth-order valence-electron chi connectivity index (χ4n) is 4.09. The summed E-state index contributed by atoms with van der Waals surface area (Å²) in [6.45, 7) is 0.352. The summed E-state index contributed by atoms with van der Waals surface area (Å²) in [5.74, 6) is 0.461. The van der Waals surface area contributed by atoms with E-state index in [0.29, 0.717) is 28.8 Å². The summed E-state index contributed by atoms with van der Waals surface area (Å²) < 4.78 is 12.1. The SMILES string of the molecule is COc1cccc([C@H]2c3c(oc4ccc(Br)cc4c3=O)C(=O)N2Cc2ccccc2)c1. The standard InChI is InChI=1S/C25H18BrNO4/c1-30-18-9-5-8-16(12-18)22-21-23(28)19-13-17(26)10-11-20(19)31-24(21)25(29)27(22)14-15-6-3-2-4-7-15/h2-13,22H,14H2,1H3/t22-/m0/s1. The number of carbonyl (C=O) groups excluding carboxylic acids is 1. The van der Waals surface area contributed by atoms with Gasteiger partial charge in [-0.05, 0) is 41.5 Å². The number of benzene rings is 3. The molecule has 4 aromatic rings. The van der Waals surface area contributed by atoms with Gasteiger partial charge in [-0.15, -0.1) is 0 Å². The molecule has 0 N–H and O–H groups in total. The molecule has 1 amide bonds. The van der Waals surface area contributed by atoms with E-state index in [0.717, 1.165) is 15.6 Å². The van der Waals surface area contributed by atoms with Gasteiger partial charge in [-0.2, -0.15) is 0 Å². The lowest BCUT2D eigenvalue weighted by atomic mass is 9.98. The number of ether oxygens (including phenoxy) is 1. The molecule has 0 aliphatic carbocycles. The monoisotopic (exact) mass is 475 g/mol. The molecule has 31 heavy (non-hydrogen) atoms. The van der Waals surface area contributed by atoms with Crippen LogP contribution in [0.25, 0.3) is 11.0 Å². The van der Waals surface area contributed by atoms with Gasteiger partial charge in [-0.1, -0.05) is 58.4 Å². The highest BCUT2D eigenvalue weighted by molar-refractivity contribution is 9.10. The van der Waals surface area contributed by atoms with Crippen LogP contribution in [0.3, 0.4) is 0 Å². The van der Waals surface area contributed by atoms with Crippen molar-refractivity contribution < 1.29 is 13.9 Å². The summed E-state index contributed by atoms with van der Waals surface area (Å²) in [4.78, 5) is 28.7. The first-order valence-corrected chi connectivity index (χ1v) is 10.6. The molecule has 1 aliphatic rings. The third kappa shape index (κ3) is 3.33. The number of hydrogen-bond acceptors (Lipinski definition) is 4.